The fourth-order valence-electron chi connectivity index (χ4n) is 2.20. The predicted octanol–water partition coefficient (Wildman–Crippen LogP) is 4.85. The molecule has 0 spiro atoms. The van der Waals surface area contributed by atoms with Gasteiger partial charge in [0.2, 0.25) is 0 Å². The second-order valence-electron chi connectivity index (χ2n) is 4.81. The Labute approximate surface area is 156 Å². The summed E-state index contributed by atoms with van der Waals surface area (Å²) in [6.07, 6.45) is 1.98. The van der Waals surface area contributed by atoms with Gasteiger partial charge in [0.1, 0.15) is 0 Å². The Bertz CT molecular complexity index is 1130. The summed E-state index contributed by atoms with van der Waals surface area (Å²) in [6.45, 7) is 0. The van der Waals surface area contributed by atoms with Gasteiger partial charge < -0.3 is 0 Å². The number of aromatic nitrogens is 2. The number of thiazole rings is 2. The van der Waals surface area contributed by atoms with Crippen LogP contribution in [-0.2, 0) is 0 Å². The summed E-state index contributed by atoms with van der Waals surface area (Å²) in [5, 5.41) is 13.8. The van der Waals surface area contributed by atoms with Gasteiger partial charge >= 0.3 is 5.00 Å². The molecule has 25 heavy (non-hydrogen) atoms. The second kappa shape index (κ2) is 6.33. The van der Waals surface area contributed by atoms with Crippen molar-refractivity contribution in [1.82, 2.24) is 9.97 Å². The van der Waals surface area contributed by atoms with Crippen LogP contribution >= 0.6 is 45.8 Å². The number of thiophene rings is 1. The van der Waals surface area contributed by atoms with E-state index >= 15 is 0 Å². The van der Waals surface area contributed by atoms with E-state index in [-0.39, 0.29) is 9.88 Å². The first-order chi connectivity index (χ1) is 12.0. The number of nitrogens with one attached hydrogen (secondary N) is 1. The van der Waals surface area contributed by atoms with Gasteiger partial charge in [0, 0.05) is 6.07 Å². The Morgan fingerprint density at radius 3 is 2.52 bits per heavy atom. The van der Waals surface area contributed by atoms with Crippen LogP contribution in [0.5, 0.6) is 0 Å². The number of carbonyl (C=O) groups excluding carboxylic acids is 1. The summed E-state index contributed by atoms with van der Waals surface area (Å²) in [4.78, 5) is 31.7. The van der Waals surface area contributed by atoms with Crippen LogP contribution in [-0.4, -0.2) is 27.1 Å². The number of hydrogen-bond donors (Lipinski definition) is 1. The largest absolute Gasteiger partial charge is 0.324 e. The van der Waals surface area contributed by atoms with E-state index in [4.69, 9.17) is 0 Å². The average molecular weight is 409 g/mol. The Morgan fingerprint density at radius 2 is 1.84 bits per heavy atom. The molecule has 1 N–H and O–H groups in total. The Hall–Kier alpha value is -2.08. The van der Waals surface area contributed by atoms with Crippen LogP contribution in [0, 0.1) is 10.1 Å². The summed E-state index contributed by atoms with van der Waals surface area (Å²) in [7, 11) is 0. The topological polar surface area (TPSA) is 98.0 Å². The normalized spacial score (nSPS) is 11.2. The first-order valence-electron chi connectivity index (χ1n) is 6.85. The molecule has 11 heteroatoms. The molecule has 0 bridgehead atoms. The number of fused-ring (bicyclic) bond motifs is 3. The molecule has 3 aromatic heterocycles. The minimum atomic E-state index is -0.511. The molecule has 0 radical (unpaired) electrons. The van der Waals surface area contributed by atoms with E-state index in [9.17, 15) is 14.9 Å². The van der Waals surface area contributed by atoms with Crippen LogP contribution in [0.15, 0.2) is 28.6 Å². The zero-order chi connectivity index (χ0) is 17.6. The van der Waals surface area contributed by atoms with Crippen LogP contribution in [0.3, 0.4) is 0 Å². The van der Waals surface area contributed by atoms with E-state index in [1.54, 1.807) is 23.1 Å². The molecule has 0 aliphatic rings. The molecule has 0 atom stereocenters. The zero-order valence-electron chi connectivity index (χ0n) is 12.5. The number of thioether (sulfide) groups is 1. The second-order valence-corrected chi connectivity index (χ2v) is 8.93. The summed E-state index contributed by atoms with van der Waals surface area (Å²) in [5.41, 5.74) is 1.71. The Balaban J connectivity index is 1.67. The van der Waals surface area contributed by atoms with Crippen LogP contribution in [0.4, 0.5) is 10.1 Å². The van der Waals surface area contributed by atoms with Crippen molar-refractivity contribution in [3.05, 3.63) is 39.3 Å². The fourth-order valence-corrected chi connectivity index (χ4v) is 5.57. The summed E-state index contributed by atoms with van der Waals surface area (Å²) < 4.78 is 3.00. The highest BCUT2D eigenvalue weighted by atomic mass is 32.2. The maximum Gasteiger partial charge on any atom is 0.324 e. The number of benzene rings is 1. The third-order valence-corrected chi connectivity index (χ3v) is 7.53. The maximum absolute atomic E-state index is 12.3. The molecular weight excluding hydrogens is 400 g/mol. The molecule has 4 rings (SSSR count). The van der Waals surface area contributed by atoms with Gasteiger partial charge in [-0.15, -0.1) is 11.3 Å². The van der Waals surface area contributed by atoms with Crippen LogP contribution in [0.25, 0.3) is 20.4 Å². The lowest BCUT2D eigenvalue weighted by molar-refractivity contribution is -0.380. The van der Waals surface area contributed by atoms with Gasteiger partial charge in [-0.25, -0.2) is 9.97 Å². The quantitative estimate of drug-likeness (QED) is 0.294. The highest BCUT2D eigenvalue weighted by Gasteiger charge is 2.18. The van der Waals surface area contributed by atoms with E-state index in [1.165, 1.54) is 23.5 Å². The smallest absolute Gasteiger partial charge is 0.297 e. The molecule has 4 aromatic rings. The third kappa shape index (κ3) is 2.99. The van der Waals surface area contributed by atoms with E-state index < -0.39 is 10.8 Å². The van der Waals surface area contributed by atoms with Crippen molar-refractivity contribution in [3.8, 4) is 0 Å². The van der Waals surface area contributed by atoms with Gasteiger partial charge in [0.25, 0.3) is 5.91 Å². The molecule has 0 saturated carbocycles. The Morgan fingerprint density at radius 1 is 1.12 bits per heavy atom. The molecule has 0 aliphatic heterocycles. The number of nitrogens with zero attached hydrogens (tertiary/aromatic N) is 3. The summed E-state index contributed by atoms with van der Waals surface area (Å²) >= 11 is 5.40. The first-order valence-corrected chi connectivity index (χ1v) is 10.5. The van der Waals surface area contributed by atoms with Gasteiger partial charge in [-0.3, -0.25) is 20.2 Å². The Kier molecular flexibility index (Phi) is 4.15. The van der Waals surface area contributed by atoms with E-state index in [1.807, 2.05) is 18.4 Å². The van der Waals surface area contributed by atoms with Gasteiger partial charge in [0.15, 0.2) is 9.47 Å². The fraction of sp³-hybridized carbons (Fsp3) is 0.0714. The highest BCUT2D eigenvalue weighted by molar-refractivity contribution is 8.00. The lowest BCUT2D eigenvalue weighted by Crippen LogP contribution is -2.09. The predicted molar refractivity (Wildman–Crippen MR) is 104 cm³/mol. The van der Waals surface area contributed by atoms with Crippen molar-refractivity contribution in [2.75, 3.05) is 11.6 Å². The number of carbonyl (C=O) groups is 1. The van der Waals surface area contributed by atoms with E-state index in [0.29, 0.717) is 5.13 Å². The monoisotopic (exact) mass is 408 g/mol. The van der Waals surface area contributed by atoms with Crippen molar-refractivity contribution in [3.63, 3.8) is 0 Å². The van der Waals surface area contributed by atoms with E-state index in [0.717, 1.165) is 36.1 Å². The molecule has 0 unspecified atom stereocenters. The molecule has 3 heterocycles. The molecule has 126 valence electrons. The van der Waals surface area contributed by atoms with Crippen molar-refractivity contribution >= 4 is 82.2 Å². The maximum atomic E-state index is 12.3. The minimum absolute atomic E-state index is 0.0644. The number of amides is 1. The van der Waals surface area contributed by atoms with Gasteiger partial charge in [-0.1, -0.05) is 34.4 Å². The molecule has 1 aromatic carbocycles. The standard InChI is InChI=1S/C14H8N4O3S4/c1-22-14-16-7-3-2-6-10(11(7)25-14)24-13(15-6)17-12(19)8-4-5-9(23-8)18(20)21/h2-5H,1H3,(H,15,17,19). The van der Waals surface area contributed by atoms with Gasteiger partial charge in [0.05, 0.1) is 30.2 Å². The van der Waals surface area contributed by atoms with Crippen molar-refractivity contribution in [2.24, 2.45) is 0 Å². The summed E-state index contributed by atoms with van der Waals surface area (Å²) in [6, 6.07) is 6.56. The third-order valence-electron chi connectivity index (χ3n) is 3.28. The number of hydrogen-bond acceptors (Lipinski definition) is 9. The van der Waals surface area contributed by atoms with Crippen LogP contribution in [0.2, 0.25) is 0 Å². The molecular formula is C14H8N4O3S4. The lowest BCUT2D eigenvalue weighted by atomic mass is 10.3. The highest BCUT2D eigenvalue weighted by Crippen LogP contribution is 2.38. The lowest BCUT2D eigenvalue weighted by Gasteiger charge is -1.96. The number of anilines is 1. The van der Waals surface area contributed by atoms with Crippen molar-refractivity contribution in [1.29, 1.82) is 0 Å². The average Bonchev–Trinajstić information content (AvgIpc) is 3.30. The van der Waals surface area contributed by atoms with Crippen LogP contribution < -0.4 is 5.32 Å². The van der Waals surface area contributed by atoms with Crippen molar-refractivity contribution in [2.45, 2.75) is 4.34 Å². The first kappa shape index (κ1) is 16.4. The summed E-state index contributed by atoms with van der Waals surface area (Å²) in [5.74, 6) is -0.400. The minimum Gasteiger partial charge on any atom is -0.297 e. The van der Waals surface area contributed by atoms with Gasteiger partial charge in [-0.2, -0.15) is 0 Å². The molecule has 0 aliphatic carbocycles. The van der Waals surface area contributed by atoms with Crippen LogP contribution in [0.1, 0.15) is 9.67 Å². The SMILES string of the molecule is CSc1nc2ccc3nc(NC(=O)c4ccc([N+](=O)[O-])s4)sc3c2s1. The zero-order valence-corrected chi connectivity index (χ0v) is 15.8. The molecule has 0 fully saturated rings. The molecule has 1 amide bonds. The molecule has 0 saturated heterocycles. The molecule has 7 nitrogen and oxygen atoms in total. The van der Waals surface area contributed by atoms with E-state index in [2.05, 4.69) is 15.3 Å². The number of rotatable bonds is 4. The van der Waals surface area contributed by atoms with Gasteiger partial charge in [-0.05, 0) is 24.5 Å². The number of nitro groups is 1. The van der Waals surface area contributed by atoms with Crippen molar-refractivity contribution < 1.29 is 9.72 Å².